The third-order valence-electron chi connectivity index (χ3n) is 3.84. The van der Waals surface area contributed by atoms with Crippen molar-refractivity contribution in [2.75, 3.05) is 6.54 Å². The lowest BCUT2D eigenvalue weighted by molar-refractivity contribution is 0.281. The largest absolute Gasteiger partial charge is 0.392 e. The van der Waals surface area contributed by atoms with Gasteiger partial charge in [-0.2, -0.15) is 0 Å². The lowest BCUT2D eigenvalue weighted by atomic mass is 10.0. The van der Waals surface area contributed by atoms with Crippen molar-refractivity contribution in [1.82, 2.24) is 14.9 Å². The minimum absolute atomic E-state index is 0.0941. The van der Waals surface area contributed by atoms with E-state index in [1.165, 1.54) is 5.56 Å². The van der Waals surface area contributed by atoms with E-state index < -0.39 is 0 Å². The van der Waals surface area contributed by atoms with Gasteiger partial charge in [0, 0.05) is 25.0 Å². The molecule has 0 aliphatic heterocycles. The molecule has 2 atom stereocenters. The first kappa shape index (κ1) is 15.7. The summed E-state index contributed by atoms with van der Waals surface area (Å²) in [6.07, 6.45) is 3.87. The summed E-state index contributed by atoms with van der Waals surface area (Å²) in [6, 6.07) is 8.38. The van der Waals surface area contributed by atoms with Crippen molar-refractivity contribution < 1.29 is 5.11 Å². The molecule has 1 aromatic carbocycles. The molecule has 4 heteroatoms. The number of nitrogens with zero attached hydrogens (tertiary/aromatic N) is 2. The molecule has 2 N–H and O–H groups in total. The number of nitrogens with one attached hydrogen (secondary N) is 1. The molecular formula is C17H25N3O. The minimum atomic E-state index is 0.0941. The zero-order chi connectivity index (χ0) is 15.2. The Labute approximate surface area is 126 Å². The second-order valence-corrected chi connectivity index (χ2v) is 5.77. The fourth-order valence-electron chi connectivity index (χ4n) is 2.45. The quantitative estimate of drug-likeness (QED) is 0.823. The van der Waals surface area contributed by atoms with Crippen molar-refractivity contribution in [2.45, 2.75) is 40.0 Å². The average Bonchev–Trinajstić information content (AvgIpc) is 2.90. The number of imidazole rings is 1. The third kappa shape index (κ3) is 4.41. The van der Waals surface area contributed by atoms with Crippen molar-refractivity contribution in [1.29, 1.82) is 0 Å². The summed E-state index contributed by atoms with van der Waals surface area (Å²) >= 11 is 0. The molecule has 0 aliphatic rings. The Kier molecular flexibility index (Phi) is 5.53. The summed E-state index contributed by atoms with van der Waals surface area (Å²) in [5, 5.41) is 12.8. The SMILES string of the molecule is Cc1nccn1CC(C)CNC(C)c1cccc(CO)c1. The molecule has 2 unspecified atom stereocenters. The Morgan fingerprint density at radius 2 is 2.14 bits per heavy atom. The van der Waals surface area contributed by atoms with Crippen molar-refractivity contribution in [3.05, 3.63) is 53.6 Å². The summed E-state index contributed by atoms with van der Waals surface area (Å²) in [5.74, 6) is 1.59. The van der Waals surface area contributed by atoms with Gasteiger partial charge < -0.3 is 15.0 Å². The molecule has 1 heterocycles. The molecule has 0 aliphatic carbocycles. The summed E-state index contributed by atoms with van der Waals surface area (Å²) in [5.41, 5.74) is 2.18. The topological polar surface area (TPSA) is 50.1 Å². The molecule has 0 spiro atoms. The highest BCUT2D eigenvalue weighted by molar-refractivity contribution is 5.25. The zero-order valence-corrected chi connectivity index (χ0v) is 13.1. The van der Waals surface area contributed by atoms with Gasteiger partial charge in [0.25, 0.3) is 0 Å². The molecule has 114 valence electrons. The Hall–Kier alpha value is -1.65. The minimum Gasteiger partial charge on any atom is -0.392 e. The fraction of sp³-hybridized carbons (Fsp3) is 0.471. The number of aryl methyl sites for hydroxylation is 1. The Morgan fingerprint density at radius 3 is 2.81 bits per heavy atom. The molecule has 1 aromatic heterocycles. The van der Waals surface area contributed by atoms with Gasteiger partial charge in [-0.25, -0.2) is 4.98 Å². The van der Waals surface area contributed by atoms with Crippen LogP contribution in [-0.4, -0.2) is 21.2 Å². The van der Waals surface area contributed by atoms with E-state index in [0.717, 1.165) is 24.5 Å². The monoisotopic (exact) mass is 287 g/mol. The number of hydrogen-bond acceptors (Lipinski definition) is 3. The summed E-state index contributed by atoms with van der Waals surface area (Å²) in [6.45, 7) is 8.44. The third-order valence-corrected chi connectivity index (χ3v) is 3.84. The molecule has 0 bridgehead atoms. The summed E-state index contributed by atoms with van der Waals surface area (Å²) in [7, 11) is 0. The van der Waals surface area contributed by atoms with Gasteiger partial charge in [-0.15, -0.1) is 0 Å². The van der Waals surface area contributed by atoms with Crippen LogP contribution < -0.4 is 5.32 Å². The van der Waals surface area contributed by atoms with Crippen LogP contribution in [0.3, 0.4) is 0 Å². The van der Waals surface area contributed by atoms with Gasteiger partial charge in [0.05, 0.1) is 6.61 Å². The average molecular weight is 287 g/mol. The molecule has 4 nitrogen and oxygen atoms in total. The van der Waals surface area contributed by atoms with Crippen LogP contribution in [0.5, 0.6) is 0 Å². The van der Waals surface area contributed by atoms with E-state index in [1.54, 1.807) is 0 Å². The van der Waals surface area contributed by atoms with Crippen LogP contribution in [0, 0.1) is 12.8 Å². The summed E-state index contributed by atoms with van der Waals surface area (Å²) in [4.78, 5) is 4.25. The van der Waals surface area contributed by atoms with E-state index in [2.05, 4.69) is 40.8 Å². The number of aliphatic hydroxyl groups excluding tert-OH is 1. The van der Waals surface area contributed by atoms with E-state index in [9.17, 15) is 5.11 Å². The van der Waals surface area contributed by atoms with Gasteiger partial charge in [0.1, 0.15) is 5.82 Å². The Morgan fingerprint density at radius 1 is 1.33 bits per heavy atom. The van der Waals surface area contributed by atoms with Crippen molar-refractivity contribution >= 4 is 0 Å². The highest BCUT2D eigenvalue weighted by Crippen LogP contribution is 2.15. The van der Waals surface area contributed by atoms with E-state index in [0.29, 0.717) is 5.92 Å². The molecule has 2 aromatic rings. The molecule has 21 heavy (non-hydrogen) atoms. The van der Waals surface area contributed by atoms with E-state index in [4.69, 9.17) is 0 Å². The van der Waals surface area contributed by atoms with Gasteiger partial charge in [0.15, 0.2) is 0 Å². The fourth-order valence-corrected chi connectivity index (χ4v) is 2.45. The Balaban J connectivity index is 1.85. The molecule has 0 fully saturated rings. The number of aromatic nitrogens is 2. The van der Waals surface area contributed by atoms with Crippen LogP contribution in [0.2, 0.25) is 0 Å². The maximum Gasteiger partial charge on any atom is 0.105 e. The van der Waals surface area contributed by atoms with Gasteiger partial charge in [0.2, 0.25) is 0 Å². The zero-order valence-electron chi connectivity index (χ0n) is 13.1. The predicted molar refractivity (Wildman–Crippen MR) is 84.9 cm³/mol. The van der Waals surface area contributed by atoms with Crippen LogP contribution >= 0.6 is 0 Å². The van der Waals surface area contributed by atoms with Crippen molar-refractivity contribution in [3.8, 4) is 0 Å². The first-order chi connectivity index (χ1) is 10.1. The van der Waals surface area contributed by atoms with Gasteiger partial charge in [-0.05, 0) is 37.4 Å². The van der Waals surface area contributed by atoms with E-state index >= 15 is 0 Å². The molecule has 2 rings (SSSR count). The maximum absolute atomic E-state index is 9.20. The number of hydrogen-bond donors (Lipinski definition) is 2. The van der Waals surface area contributed by atoms with E-state index in [1.807, 2.05) is 31.5 Å². The number of rotatable bonds is 7. The standard InChI is InChI=1S/C17H25N3O/c1-13(11-20-8-7-18-15(20)3)10-19-14(2)17-6-4-5-16(9-17)12-21/h4-9,13-14,19,21H,10-12H2,1-3H3. The van der Waals surface area contributed by atoms with Crippen LogP contribution in [0.15, 0.2) is 36.7 Å². The summed E-state index contributed by atoms with van der Waals surface area (Å²) < 4.78 is 2.18. The van der Waals surface area contributed by atoms with Gasteiger partial charge >= 0.3 is 0 Å². The second-order valence-electron chi connectivity index (χ2n) is 5.77. The molecule has 0 radical (unpaired) electrons. The lowest BCUT2D eigenvalue weighted by Crippen LogP contribution is -2.27. The van der Waals surface area contributed by atoms with Gasteiger partial charge in [-0.3, -0.25) is 0 Å². The smallest absolute Gasteiger partial charge is 0.105 e. The highest BCUT2D eigenvalue weighted by Gasteiger charge is 2.09. The number of aliphatic hydroxyl groups is 1. The van der Waals surface area contributed by atoms with Crippen molar-refractivity contribution in [2.24, 2.45) is 5.92 Å². The van der Waals surface area contributed by atoms with Gasteiger partial charge in [-0.1, -0.05) is 31.2 Å². The van der Waals surface area contributed by atoms with Crippen LogP contribution in [0.25, 0.3) is 0 Å². The highest BCUT2D eigenvalue weighted by atomic mass is 16.3. The Bertz CT molecular complexity index is 565. The molecule has 0 saturated carbocycles. The first-order valence-corrected chi connectivity index (χ1v) is 7.51. The lowest BCUT2D eigenvalue weighted by Gasteiger charge is -2.19. The molecule has 0 saturated heterocycles. The predicted octanol–water partition coefficient (Wildman–Crippen LogP) is 2.67. The van der Waals surface area contributed by atoms with Crippen LogP contribution in [0.4, 0.5) is 0 Å². The second kappa shape index (κ2) is 7.38. The van der Waals surface area contributed by atoms with E-state index in [-0.39, 0.29) is 12.6 Å². The molecule has 0 amide bonds. The van der Waals surface area contributed by atoms with Crippen molar-refractivity contribution in [3.63, 3.8) is 0 Å². The van der Waals surface area contributed by atoms with Crippen LogP contribution in [-0.2, 0) is 13.2 Å². The number of benzene rings is 1. The normalized spacial score (nSPS) is 14.1. The van der Waals surface area contributed by atoms with Crippen LogP contribution in [0.1, 0.15) is 36.8 Å². The molecular weight excluding hydrogens is 262 g/mol. The first-order valence-electron chi connectivity index (χ1n) is 7.51. The maximum atomic E-state index is 9.20.